The van der Waals surface area contributed by atoms with Crippen molar-refractivity contribution in [1.82, 2.24) is 9.88 Å². The zero-order chi connectivity index (χ0) is 19.2. The van der Waals surface area contributed by atoms with Crippen LogP contribution in [0.25, 0.3) is 0 Å². The van der Waals surface area contributed by atoms with Gasteiger partial charge in [-0.1, -0.05) is 0 Å². The Morgan fingerprint density at radius 1 is 1.26 bits per heavy atom. The Labute approximate surface area is 161 Å². The van der Waals surface area contributed by atoms with E-state index in [-0.39, 0.29) is 5.91 Å². The molecule has 3 rings (SSSR count). The number of nitrogens with one attached hydrogen (secondary N) is 1. The van der Waals surface area contributed by atoms with Gasteiger partial charge in [0.05, 0.1) is 11.9 Å². The smallest absolute Gasteiger partial charge is 0.223 e. The first-order chi connectivity index (χ1) is 13.0. The number of hydrogen-bond acceptors (Lipinski definition) is 5. The number of aromatic nitrogens is 1. The summed E-state index contributed by atoms with van der Waals surface area (Å²) in [5, 5.41) is 3.57. The molecule has 0 aliphatic carbocycles. The summed E-state index contributed by atoms with van der Waals surface area (Å²) in [4.78, 5) is 21.0. The van der Waals surface area contributed by atoms with Crippen LogP contribution in [0, 0.1) is 6.92 Å². The average molecular weight is 370 g/mol. The van der Waals surface area contributed by atoms with Crippen LogP contribution < -0.4 is 10.2 Å². The molecule has 146 valence electrons. The number of aryl methyl sites for hydroxylation is 2. The van der Waals surface area contributed by atoms with Crippen molar-refractivity contribution in [2.75, 3.05) is 37.4 Å². The van der Waals surface area contributed by atoms with Crippen molar-refractivity contribution in [3.8, 4) is 0 Å². The molecule has 1 amide bonds. The normalized spacial score (nSPS) is 17.4. The number of likely N-dealkylation sites (tertiary alicyclic amines) is 1. The lowest BCUT2D eigenvalue weighted by Gasteiger charge is -2.21. The number of furan rings is 1. The number of pyridine rings is 1. The lowest BCUT2D eigenvalue weighted by Crippen LogP contribution is -2.32. The van der Waals surface area contributed by atoms with Gasteiger partial charge in [-0.05, 0) is 50.5 Å². The summed E-state index contributed by atoms with van der Waals surface area (Å²) in [6, 6.07) is 8.37. The van der Waals surface area contributed by atoms with Crippen molar-refractivity contribution in [2.24, 2.45) is 0 Å². The van der Waals surface area contributed by atoms with E-state index < -0.39 is 0 Å². The molecule has 0 unspecified atom stereocenters. The first-order valence-corrected chi connectivity index (χ1v) is 9.74. The molecule has 2 aromatic rings. The second-order valence-corrected chi connectivity index (χ2v) is 7.46. The van der Waals surface area contributed by atoms with E-state index in [1.165, 1.54) is 0 Å². The van der Waals surface area contributed by atoms with Crippen LogP contribution in [0.3, 0.4) is 0 Å². The van der Waals surface area contributed by atoms with E-state index in [0.717, 1.165) is 55.4 Å². The van der Waals surface area contributed by atoms with Crippen LogP contribution >= 0.6 is 0 Å². The number of rotatable bonds is 6. The Morgan fingerprint density at radius 3 is 2.78 bits per heavy atom. The van der Waals surface area contributed by atoms with Crippen molar-refractivity contribution in [2.45, 2.75) is 45.1 Å². The van der Waals surface area contributed by atoms with Gasteiger partial charge in [0.2, 0.25) is 5.91 Å². The third-order valence-corrected chi connectivity index (χ3v) is 5.04. The molecule has 0 radical (unpaired) electrons. The quantitative estimate of drug-likeness (QED) is 0.844. The molecule has 3 heterocycles. The second kappa shape index (κ2) is 8.93. The summed E-state index contributed by atoms with van der Waals surface area (Å²) in [6.45, 7) is 3.57. The Hall–Kier alpha value is -2.50. The highest BCUT2D eigenvalue weighted by Crippen LogP contribution is 2.19. The van der Waals surface area contributed by atoms with Crippen molar-refractivity contribution in [3.05, 3.63) is 42.0 Å². The number of hydrogen-bond donors (Lipinski definition) is 1. The molecular weight excluding hydrogens is 340 g/mol. The van der Waals surface area contributed by atoms with Gasteiger partial charge in [-0.3, -0.25) is 4.79 Å². The minimum Gasteiger partial charge on any atom is -0.466 e. The summed E-state index contributed by atoms with van der Waals surface area (Å²) < 4.78 is 5.56. The van der Waals surface area contributed by atoms with E-state index in [4.69, 9.17) is 4.42 Å². The summed E-state index contributed by atoms with van der Waals surface area (Å²) in [7, 11) is 3.97. The largest absolute Gasteiger partial charge is 0.466 e. The molecule has 1 fully saturated rings. The van der Waals surface area contributed by atoms with Gasteiger partial charge in [-0.15, -0.1) is 0 Å². The molecule has 1 saturated heterocycles. The van der Waals surface area contributed by atoms with Crippen molar-refractivity contribution in [3.63, 3.8) is 0 Å². The minimum atomic E-state index is 0.224. The van der Waals surface area contributed by atoms with Gasteiger partial charge in [0.1, 0.15) is 17.3 Å². The van der Waals surface area contributed by atoms with Gasteiger partial charge in [0.15, 0.2) is 0 Å². The molecule has 2 aromatic heterocycles. The highest BCUT2D eigenvalue weighted by atomic mass is 16.3. The molecule has 1 aliphatic heterocycles. The maximum absolute atomic E-state index is 12.5. The van der Waals surface area contributed by atoms with Crippen molar-refractivity contribution < 1.29 is 9.21 Å². The molecule has 6 nitrogen and oxygen atoms in total. The summed E-state index contributed by atoms with van der Waals surface area (Å²) in [5.74, 6) is 2.96. The van der Waals surface area contributed by atoms with Crippen LogP contribution in [0.1, 0.15) is 37.2 Å². The SMILES string of the molecule is Cc1ccc(CCC(=O)N2CCC[C@@H](Nc3ccc(N(C)C)nc3)CC2)o1. The Morgan fingerprint density at radius 2 is 2.11 bits per heavy atom. The Balaban J connectivity index is 1.47. The summed E-state index contributed by atoms with van der Waals surface area (Å²) >= 11 is 0. The third-order valence-electron chi connectivity index (χ3n) is 5.04. The van der Waals surface area contributed by atoms with Crippen LogP contribution in [0.2, 0.25) is 0 Å². The molecule has 1 N–H and O–H groups in total. The van der Waals surface area contributed by atoms with E-state index in [9.17, 15) is 4.79 Å². The monoisotopic (exact) mass is 370 g/mol. The van der Waals surface area contributed by atoms with E-state index in [1.807, 2.05) is 55.2 Å². The minimum absolute atomic E-state index is 0.224. The van der Waals surface area contributed by atoms with E-state index >= 15 is 0 Å². The highest BCUT2D eigenvalue weighted by Gasteiger charge is 2.20. The van der Waals surface area contributed by atoms with Crippen molar-refractivity contribution >= 4 is 17.4 Å². The van der Waals surface area contributed by atoms with E-state index in [1.54, 1.807) is 0 Å². The molecule has 6 heteroatoms. The zero-order valence-corrected chi connectivity index (χ0v) is 16.6. The standard InChI is InChI=1S/C21H30N4O2/c1-16-6-8-19(27-16)9-11-21(26)25-13-4-5-17(12-14-25)23-18-7-10-20(22-15-18)24(2)3/h6-8,10,15,17,23H,4-5,9,11-14H2,1-3H3/t17-/m1/s1. The molecular formula is C21H30N4O2. The summed E-state index contributed by atoms with van der Waals surface area (Å²) in [6.07, 6.45) is 6.12. The molecule has 1 atom stereocenters. The number of nitrogens with zero attached hydrogens (tertiary/aromatic N) is 3. The van der Waals surface area contributed by atoms with Gasteiger partial charge >= 0.3 is 0 Å². The zero-order valence-electron chi connectivity index (χ0n) is 16.6. The van der Waals surface area contributed by atoms with Gasteiger partial charge in [0, 0.05) is 46.1 Å². The molecule has 27 heavy (non-hydrogen) atoms. The molecule has 0 spiro atoms. The highest BCUT2D eigenvalue weighted by molar-refractivity contribution is 5.76. The molecule has 0 bridgehead atoms. The topological polar surface area (TPSA) is 61.6 Å². The van der Waals surface area contributed by atoms with Gasteiger partial charge in [0.25, 0.3) is 0 Å². The van der Waals surface area contributed by atoms with Gasteiger partial charge < -0.3 is 19.5 Å². The predicted octanol–water partition coefficient (Wildman–Crippen LogP) is 3.47. The van der Waals surface area contributed by atoms with E-state index in [0.29, 0.717) is 18.9 Å². The van der Waals surface area contributed by atoms with Gasteiger partial charge in [-0.2, -0.15) is 0 Å². The maximum Gasteiger partial charge on any atom is 0.223 e. The fourth-order valence-corrected chi connectivity index (χ4v) is 3.47. The Bertz CT molecular complexity index is 739. The van der Waals surface area contributed by atoms with Crippen LogP contribution in [0.4, 0.5) is 11.5 Å². The first-order valence-electron chi connectivity index (χ1n) is 9.74. The fraction of sp³-hybridized carbons (Fsp3) is 0.524. The molecule has 1 aliphatic rings. The van der Waals surface area contributed by atoms with Crippen LogP contribution in [-0.2, 0) is 11.2 Å². The third kappa shape index (κ3) is 5.49. The number of anilines is 2. The summed E-state index contributed by atoms with van der Waals surface area (Å²) in [5.41, 5.74) is 1.04. The van der Waals surface area contributed by atoms with Crippen LogP contribution in [0.5, 0.6) is 0 Å². The second-order valence-electron chi connectivity index (χ2n) is 7.46. The van der Waals surface area contributed by atoms with E-state index in [2.05, 4.69) is 16.4 Å². The number of amides is 1. The Kier molecular flexibility index (Phi) is 6.37. The van der Waals surface area contributed by atoms with Gasteiger partial charge in [-0.25, -0.2) is 4.98 Å². The number of carbonyl (C=O) groups is 1. The fourth-order valence-electron chi connectivity index (χ4n) is 3.47. The molecule has 0 saturated carbocycles. The lowest BCUT2D eigenvalue weighted by molar-refractivity contribution is -0.131. The molecule has 0 aromatic carbocycles. The van der Waals surface area contributed by atoms with Crippen LogP contribution in [0.15, 0.2) is 34.9 Å². The average Bonchev–Trinajstić information content (AvgIpc) is 2.93. The predicted molar refractivity (Wildman–Crippen MR) is 108 cm³/mol. The van der Waals surface area contributed by atoms with Crippen LogP contribution in [-0.4, -0.2) is 49.0 Å². The van der Waals surface area contributed by atoms with Crippen molar-refractivity contribution in [1.29, 1.82) is 0 Å². The number of carbonyl (C=O) groups excluding carboxylic acids is 1. The maximum atomic E-state index is 12.5. The first kappa shape index (κ1) is 19.3. The lowest BCUT2D eigenvalue weighted by atomic mass is 10.1.